The van der Waals surface area contributed by atoms with Gasteiger partial charge in [-0.15, -0.1) is 0 Å². The highest BCUT2D eigenvalue weighted by molar-refractivity contribution is 7.92. The number of nitrogens with one attached hydrogen (secondary N) is 2. The summed E-state index contributed by atoms with van der Waals surface area (Å²) in [5.41, 5.74) is 0.155. The van der Waals surface area contributed by atoms with Crippen molar-refractivity contribution in [2.75, 3.05) is 4.72 Å². The molecule has 0 fully saturated rings. The van der Waals surface area contributed by atoms with Crippen molar-refractivity contribution in [2.24, 2.45) is 0 Å². The molecule has 0 saturated heterocycles. The van der Waals surface area contributed by atoms with Crippen LogP contribution >= 0.6 is 0 Å². The number of imidazole rings is 1. The summed E-state index contributed by atoms with van der Waals surface area (Å²) in [6, 6.07) is 4.44. The first kappa shape index (κ1) is 11.1. The molecule has 2 N–H and O–H groups in total. The number of rotatable bonds is 3. The van der Waals surface area contributed by atoms with Gasteiger partial charge in [-0.2, -0.15) is 5.26 Å². The van der Waals surface area contributed by atoms with E-state index >= 15 is 0 Å². The molecule has 0 bridgehead atoms. The van der Waals surface area contributed by atoms with Gasteiger partial charge in [0.2, 0.25) is 5.95 Å². The van der Waals surface area contributed by atoms with Crippen LogP contribution in [0.15, 0.2) is 35.6 Å². The van der Waals surface area contributed by atoms with E-state index in [1.165, 1.54) is 24.5 Å². The summed E-state index contributed by atoms with van der Waals surface area (Å²) in [5, 5.41) is 8.55. The second-order valence-electron chi connectivity index (χ2n) is 3.03. The second kappa shape index (κ2) is 4.23. The van der Waals surface area contributed by atoms with Crippen LogP contribution in [0.4, 0.5) is 5.95 Å². The van der Waals surface area contributed by atoms with Crippen LogP contribution in [0.3, 0.4) is 0 Å². The third-order valence-electron chi connectivity index (χ3n) is 1.89. The third kappa shape index (κ3) is 2.40. The van der Waals surface area contributed by atoms with E-state index in [0.29, 0.717) is 0 Å². The Balaban J connectivity index is 2.29. The number of hydrogen-bond acceptors (Lipinski definition) is 5. The molecule has 0 radical (unpaired) electrons. The number of hydrogen-bond donors (Lipinski definition) is 2. The standard InChI is InChI=1S/C9H7N5O2S/c10-5-7-1-2-8(6-13-7)17(15,16)14-9-11-3-4-12-9/h1-4,6H,(H2,11,12,14). The number of aromatic nitrogens is 3. The molecule has 2 rings (SSSR count). The molecular weight excluding hydrogens is 242 g/mol. The molecule has 2 heterocycles. The Morgan fingerprint density at radius 3 is 2.71 bits per heavy atom. The number of H-pyrrole nitrogens is 1. The number of anilines is 1. The van der Waals surface area contributed by atoms with E-state index in [1.807, 2.05) is 0 Å². The zero-order valence-corrected chi connectivity index (χ0v) is 9.27. The zero-order valence-electron chi connectivity index (χ0n) is 8.45. The fraction of sp³-hybridized carbons (Fsp3) is 0. The molecule has 2 aromatic heterocycles. The number of pyridine rings is 1. The van der Waals surface area contributed by atoms with Gasteiger partial charge in [0, 0.05) is 18.6 Å². The molecule has 0 aliphatic carbocycles. The Bertz CT molecular complexity index is 640. The predicted octanol–water partition coefficient (Wildman–Crippen LogP) is 0.477. The average Bonchev–Trinajstić information content (AvgIpc) is 2.81. The third-order valence-corrected chi connectivity index (χ3v) is 3.21. The molecule has 0 amide bonds. The van der Waals surface area contributed by atoms with E-state index in [9.17, 15) is 8.42 Å². The first-order chi connectivity index (χ1) is 8.12. The number of aromatic amines is 1. The maximum atomic E-state index is 11.8. The second-order valence-corrected chi connectivity index (χ2v) is 4.72. The van der Waals surface area contributed by atoms with Crippen LogP contribution in [-0.4, -0.2) is 23.4 Å². The normalized spacial score (nSPS) is 10.8. The van der Waals surface area contributed by atoms with Gasteiger partial charge >= 0.3 is 0 Å². The van der Waals surface area contributed by atoms with Crippen LogP contribution in [0.25, 0.3) is 0 Å². The van der Waals surface area contributed by atoms with Crippen molar-refractivity contribution in [3.63, 3.8) is 0 Å². The predicted molar refractivity (Wildman–Crippen MR) is 58.3 cm³/mol. The van der Waals surface area contributed by atoms with Crippen LogP contribution in [0, 0.1) is 11.3 Å². The van der Waals surface area contributed by atoms with Gasteiger partial charge in [0.1, 0.15) is 16.7 Å². The molecule has 0 aliphatic rings. The van der Waals surface area contributed by atoms with Crippen molar-refractivity contribution in [3.8, 4) is 6.07 Å². The summed E-state index contributed by atoms with van der Waals surface area (Å²) in [5.74, 6) is 0.120. The zero-order chi connectivity index (χ0) is 12.3. The van der Waals surface area contributed by atoms with Gasteiger partial charge in [0.15, 0.2) is 0 Å². The summed E-state index contributed by atoms with van der Waals surface area (Å²) < 4.78 is 25.8. The van der Waals surface area contributed by atoms with Crippen molar-refractivity contribution in [1.82, 2.24) is 15.0 Å². The molecule has 0 spiro atoms. The topological polar surface area (TPSA) is 112 Å². The Morgan fingerprint density at radius 2 is 2.18 bits per heavy atom. The van der Waals surface area contributed by atoms with Gasteiger partial charge in [-0.1, -0.05) is 0 Å². The van der Waals surface area contributed by atoms with Crippen molar-refractivity contribution in [3.05, 3.63) is 36.4 Å². The summed E-state index contributed by atoms with van der Waals surface area (Å²) in [4.78, 5) is 10.0. The van der Waals surface area contributed by atoms with E-state index in [2.05, 4.69) is 19.7 Å². The molecule has 8 heteroatoms. The number of nitrogens with zero attached hydrogens (tertiary/aromatic N) is 3. The Hall–Kier alpha value is -2.40. The first-order valence-electron chi connectivity index (χ1n) is 4.50. The molecule has 0 saturated carbocycles. The lowest BCUT2D eigenvalue weighted by atomic mass is 10.4. The van der Waals surface area contributed by atoms with Crippen LogP contribution in [0.5, 0.6) is 0 Å². The first-order valence-corrected chi connectivity index (χ1v) is 5.98. The van der Waals surface area contributed by atoms with E-state index < -0.39 is 10.0 Å². The lowest BCUT2D eigenvalue weighted by Crippen LogP contribution is -2.14. The molecule has 0 atom stereocenters. The van der Waals surface area contributed by atoms with Crippen molar-refractivity contribution in [1.29, 1.82) is 5.26 Å². The molecule has 7 nitrogen and oxygen atoms in total. The number of nitriles is 1. The summed E-state index contributed by atoms with van der Waals surface area (Å²) in [6.45, 7) is 0. The van der Waals surface area contributed by atoms with Crippen LogP contribution in [0.2, 0.25) is 0 Å². The fourth-order valence-corrected chi connectivity index (χ4v) is 2.04. The molecule has 2 aromatic rings. The minimum absolute atomic E-state index is 0.0344. The van der Waals surface area contributed by atoms with Gasteiger partial charge in [-0.3, -0.25) is 0 Å². The molecule has 0 aromatic carbocycles. The highest BCUT2D eigenvalue weighted by Crippen LogP contribution is 2.11. The van der Waals surface area contributed by atoms with E-state index in [-0.39, 0.29) is 16.5 Å². The van der Waals surface area contributed by atoms with Crippen molar-refractivity contribution in [2.45, 2.75) is 4.90 Å². The van der Waals surface area contributed by atoms with E-state index in [1.54, 1.807) is 6.07 Å². The van der Waals surface area contributed by atoms with Crippen molar-refractivity contribution < 1.29 is 8.42 Å². The summed E-state index contributed by atoms with van der Waals surface area (Å²) in [6.07, 6.45) is 4.04. The lowest BCUT2D eigenvalue weighted by molar-refractivity contribution is 0.600. The smallest absolute Gasteiger partial charge is 0.265 e. The largest absolute Gasteiger partial charge is 0.330 e. The minimum atomic E-state index is -3.72. The Kier molecular flexibility index (Phi) is 2.76. The monoisotopic (exact) mass is 249 g/mol. The maximum absolute atomic E-state index is 11.8. The quantitative estimate of drug-likeness (QED) is 0.821. The highest BCUT2D eigenvalue weighted by Gasteiger charge is 2.15. The lowest BCUT2D eigenvalue weighted by Gasteiger charge is -2.04. The van der Waals surface area contributed by atoms with Gasteiger partial charge in [0.05, 0.1) is 0 Å². The van der Waals surface area contributed by atoms with Crippen LogP contribution in [-0.2, 0) is 10.0 Å². The van der Waals surface area contributed by atoms with Gasteiger partial charge < -0.3 is 4.98 Å². The van der Waals surface area contributed by atoms with Gasteiger partial charge in [-0.05, 0) is 12.1 Å². The maximum Gasteiger partial charge on any atom is 0.265 e. The van der Waals surface area contributed by atoms with E-state index in [4.69, 9.17) is 5.26 Å². The molecule has 0 unspecified atom stereocenters. The summed E-state index contributed by atoms with van der Waals surface area (Å²) in [7, 11) is -3.72. The average molecular weight is 249 g/mol. The molecule has 86 valence electrons. The fourth-order valence-electron chi connectivity index (χ4n) is 1.11. The van der Waals surface area contributed by atoms with Crippen LogP contribution < -0.4 is 4.72 Å². The van der Waals surface area contributed by atoms with Crippen LogP contribution in [0.1, 0.15) is 5.69 Å². The minimum Gasteiger partial charge on any atom is -0.330 e. The molecule has 0 aliphatic heterocycles. The highest BCUT2D eigenvalue weighted by atomic mass is 32.2. The Morgan fingerprint density at radius 1 is 1.35 bits per heavy atom. The molecule has 17 heavy (non-hydrogen) atoms. The van der Waals surface area contributed by atoms with Crippen molar-refractivity contribution >= 4 is 16.0 Å². The van der Waals surface area contributed by atoms with E-state index in [0.717, 1.165) is 6.20 Å². The van der Waals surface area contributed by atoms with Gasteiger partial charge in [0.25, 0.3) is 10.0 Å². The Labute approximate surface area is 97.2 Å². The SMILES string of the molecule is N#Cc1ccc(S(=O)(=O)Nc2ncc[nH]2)cn1. The molecular formula is C9H7N5O2S. The summed E-state index contributed by atoms with van der Waals surface area (Å²) >= 11 is 0. The number of sulfonamides is 1. The van der Waals surface area contributed by atoms with Gasteiger partial charge in [-0.25, -0.2) is 23.1 Å².